The number of ketones is 1. The van der Waals surface area contributed by atoms with E-state index in [2.05, 4.69) is 0 Å². The highest BCUT2D eigenvalue weighted by atomic mass is 35.5. The van der Waals surface area contributed by atoms with Gasteiger partial charge in [0.25, 0.3) is 0 Å². The normalized spacial score (nSPS) is 11.8. The first-order valence-corrected chi connectivity index (χ1v) is 7.96. The maximum Gasteiger partial charge on any atom is 0.223 e. The van der Waals surface area contributed by atoms with Crippen LogP contribution in [0.4, 0.5) is 0 Å². The maximum absolute atomic E-state index is 12.3. The number of amides is 1. The minimum atomic E-state index is -0.0898. The van der Waals surface area contributed by atoms with Crippen molar-refractivity contribution in [3.05, 3.63) is 70.7 Å². The van der Waals surface area contributed by atoms with Crippen LogP contribution in [0.1, 0.15) is 41.7 Å². The molecule has 0 bridgehead atoms. The average molecular weight is 330 g/mol. The van der Waals surface area contributed by atoms with Gasteiger partial charge in [0.1, 0.15) is 0 Å². The summed E-state index contributed by atoms with van der Waals surface area (Å²) in [6, 6.07) is 16.4. The van der Waals surface area contributed by atoms with Crippen molar-refractivity contribution in [1.29, 1.82) is 0 Å². The zero-order valence-corrected chi connectivity index (χ0v) is 14.1. The monoisotopic (exact) mass is 329 g/mol. The van der Waals surface area contributed by atoms with E-state index in [-0.39, 0.29) is 30.6 Å². The summed E-state index contributed by atoms with van der Waals surface area (Å²) in [5.41, 5.74) is 1.62. The van der Waals surface area contributed by atoms with Gasteiger partial charge in [-0.3, -0.25) is 9.59 Å². The third-order valence-electron chi connectivity index (χ3n) is 3.97. The van der Waals surface area contributed by atoms with Gasteiger partial charge in [-0.15, -0.1) is 0 Å². The Labute approximate surface area is 141 Å². The van der Waals surface area contributed by atoms with Crippen molar-refractivity contribution in [2.45, 2.75) is 25.8 Å². The van der Waals surface area contributed by atoms with Crippen molar-refractivity contribution < 1.29 is 9.59 Å². The Morgan fingerprint density at radius 2 is 1.74 bits per heavy atom. The summed E-state index contributed by atoms with van der Waals surface area (Å²) in [5, 5.41) is 0.648. The van der Waals surface area contributed by atoms with Gasteiger partial charge in [-0.05, 0) is 24.6 Å². The van der Waals surface area contributed by atoms with E-state index >= 15 is 0 Å². The molecule has 0 fully saturated rings. The van der Waals surface area contributed by atoms with Gasteiger partial charge in [0.15, 0.2) is 5.78 Å². The van der Waals surface area contributed by atoms with Gasteiger partial charge in [0.05, 0.1) is 6.04 Å². The SMILES string of the molecule is CC(c1cccc(Cl)c1)N(C)C(=O)CCC(=O)c1ccccc1. The third kappa shape index (κ3) is 4.67. The number of carbonyl (C=O) groups is 2. The molecular weight excluding hydrogens is 310 g/mol. The molecule has 1 amide bonds. The summed E-state index contributed by atoms with van der Waals surface area (Å²) < 4.78 is 0. The molecule has 2 aromatic carbocycles. The van der Waals surface area contributed by atoms with Crippen molar-refractivity contribution >= 4 is 23.3 Å². The molecule has 3 nitrogen and oxygen atoms in total. The quantitative estimate of drug-likeness (QED) is 0.730. The van der Waals surface area contributed by atoms with E-state index in [1.165, 1.54) is 0 Å². The van der Waals surface area contributed by atoms with Gasteiger partial charge in [-0.1, -0.05) is 54.1 Å². The van der Waals surface area contributed by atoms with Gasteiger partial charge in [-0.2, -0.15) is 0 Å². The number of hydrogen-bond acceptors (Lipinski definition) is 2. The van der Waals surface area contributed by atoms with Crippen molar-refractivity contribution in [3.8, 4) is 0 Å². The zero-order chi connectivity index (χ0) is 16.8. The molecule has 0 saturated heterocycles. The number of nitrogens with zero attached hydrogens (tertiary/aromatic N) is 1. The molecule has 0 heterocycles. The van der Waals surface area contributed by atoms with Crippen molar-refractivity contribution in [3.63, 3.8) is 0 Å². The molecule has 0 aliphatic rings. The highest BCUT2D eigenvalue weighted by Gasteiger charge is 2.18. The number of carbonyl (C=O) groups excluding carboxylic acids is 2. The summed E-state index contributed by atoms with van der Waals surface area (Å²) in [5.74, 6) is -0.0653. The lowest BCUT2D eigenvalue weighted by molar-refractivity contribution is -0.131. The minimum Gasteiger partial charge on any atom is -0.339 e. The molecule has 2 aromatic rings. The average Bonchev–Trinajstić information content (AvgIpc) is 2.58. The molecule has 2 rings (SSSR count). The van der Waals surface area contributed by atoms with E-state index in [0.717, 1.165) is 5.56 Å². The fourth-order valence-electron chi connectivity index (χ4n) is 2.37. The molecule has 0 aromatic heterocycles. The van der Waals surface area contributed by atoms with Crippen molar-refractivity contribution in [2.24, 2.45) is 0 Å². The van der Waals surface area contributed by atoms with E-state index < -0.39 is 0 Å². The predicted octanol–water partition coefficient (Wildman–Crippen LogP) is 4.52. The molecule has 0 aliphatic heterocycles. The largest absolute Gasteiger partial charge is 0.339 e. The minimum absolute atomic E-state index is 0.0113. The second kappa shape index (κ2) is 7.93. The fraction of sp³-hybridized carbons (Fsp3) is 0.263. The van der Waals surface area contributed by atoms with Crippen LogP contribution in [0.15, 0.2) is 54.6 Å². The van der Waals surface area contributed by atoms with Gasteiger partial charge >= 0.3 is 0 Å². The van der Waals surface area contributed by atoms with Crippen LogP contribution in [0.2, 0.25) is 5.02 Å². The van der Waals surface area contributed by atoms with Crippen LogP contribution in [-0.2, 0) is 4.79 Å². The molecular formula is C19H20ClNO2. The number of benzene rings is 2. The Hall–Kier alpha value is -2.13. The van der Waals surface area contributed by atoms with Gasteiger partial charge in [-0.25, -0.2) is 0 Å². The highest BCUT2D eigenvalue weighted by Crippen LogP contribution is 2.22. The molecule has 23 heavy (non-hydrogen) atoms. The van der Waals surface area contributed by atoms with Crippen LogP contribution in [0.3, 0.4) is 0 Å². The Balaban J connectivity index is 1.93. The molecule has 0 radical (unpaired) electrons. The van der Waals surface area contributed by atoms with E-state index in [1.54, 1.807) is 30.1 Å². The van der Waals surface area contributed by atoms with Crippen LogP contribution in [0, 0.1) is 0 Å². The van der Waals surface area contributed by atoms with Crippen molar-refractivity contribution in [2.75, 3.05) is 7.05 Å². The molecule has 0 N–H and O–H groups in total. The van der Waals surface area contributed by atoms with E-state index in [4.69, 9.17) is 11.6 Å². The summed E-state index contributed by atoms with van der Waals surface area (Å²) in [6.07, 6.45) is 0.421. The second-order valence-electron chi connectivity index (χ2n) is 5.52. The van der Waals surface area contributed by atoms with E-state index in [0.29, 0.717) is 10.6 Å². The molecule has 1 unspecified atom stereocenters. The Morgan fingerprint density at radius 3 is 2.39 bits per heavy atom. The first kappa shape index (κ1) is 17.2. The van der Waals surface area contributed by atoms with Crippen LogP contribution < -0.4 is 0 Å². The topological polar surface area (TPSA) is 37.4 Å². The molecule has 4 heteroatoms. The standard InChI is InChI=1S/C19H20ClNO2/c1-14(16-9-6-10-17(20)13-16)21(2)19(23)12-11-18(22)15-7-4-3-5-8-15/h3-10,13-14H,11-12H2,1-2H3. The Morgan fingerprint density at radius 1 is 1.04 bits per heavy atom. The number of hydrogen-bond donors (Lipinski definition) is 0. The number of Topliss-reactive ketones (excluding diaryl/α,β-unsaturated/α-hetero) is 1. The number of rotatable bonds is 6. The molecule has 0 spiro atoms. The Kier molecular flexibility index (Phi) is 5.94. The molecule has 0 saturated carbocycles. The summed E-state index contributed by atoms with van der Waals surface area (Å²) in [6.45, 7) is 1.95. The van der Waals surface area contributed by atoms with Gasteiger partial charge < -0.3 is 4.90 Å². The van der Waals surface area contributed by atoms with Crippen LogP contribution in [0.5, 0.6) is 0 Å². The lowest BCUT2D eigenvalue weighted by Crippen LogP contribution is -2.29. The van der Waals surface area contributed by atoms with E-state index in [9.17, 15) is 9.59 Å². The molecule has 120 valence electrons. The van der Waals surface area contributed by atoms with Crippen LogP contribution >= 0.6 is 11.6 Å². The number of halogens is 1. The Bertz CT molecular complexity index is 685. The predicted molar refractivity (Wildman–Crippen MR) is 92.6 cm³/mol. The lowest BCUT2D eigenvalue weighted by Gasteiger charge is -2.25. The summed E-state index contributed by atoms with van der Waals surface area (Å²) in [4.78, 5) is 26.0. The molecule has 0 aliphatic carbocycles. The van der Waals surface area contributed by atoms with Gasteiger partial charge in [0.2, 0.25) is 5.91 Å². The summed E-state index contributed by atoms with van der Waals surface area (Å²) in [7, 11) is 1.75. The van der Waals surface area contributed by atoms with Crippen LogP contribution in [-0.4, -0.2) is 23.6 Å². The zero-order valence-electron chi connectivity index (χ0n) is 13.3. The van der Waals surface area contributed by atoms with Crippen molar-refractivity contribution in [1.82, 2.24) is 4.90 Å². The second-order valence-corrected chi connectivity index (χ2v) is 5.96. The summed E-state index contributed by atoms with van der Waals surface area (Å²) >= 11 is 6.00. The first-order valence-electron chi connectivity index (χ1n) is 7.58. The highest BCUT2D eigenvalue weighted by molar-refractivity contribution is 6.30. The van der Waals surface area contributed by atoms with Crippen LogP contribution in [0.25, 0.3) is 0 Å². The van der Waals surface area contributed by atoms with E-state index in [1.807, 2.05) is 43.3 Å². The maximum atomic E-state index is 12.3. The first-order chi connectivity index (χ1) is 11.0. The fourth-order valence-corrected chi connectivity index (χ4v) is 2.57. The third-order valence-corrected chi connectivity index (χ3v) is 4.20. The smallest absolute Gasteiger partial charge is 0.223 e. The van der Waals surface area contributed by atoms with Gasteiger partial charge in [0, 0.05) is 30.5 Å². The lowest BCUT2D eigenvalue weighted by atomic mass is 10.0. The molecule has 1 atom stereocenters.